The van der Waals surface area contributed by atoms with Crippen molar-refractivity contribution in [3.63, 3.8) is 0 Å². The summed E-state index contributed by atoms with van der Waals surface area (Å²) in [6.45, 7) is 6.63. The van der Waals surface area contributed by atoms with Gasteiger partial charge >= 0.3 is 0 Å². The summed E-state index contributed by atoms with van der Waals surface area (Å²) >= 11 is 0. The minimum absolute atomic E-state index is 0.276. The standard InChI is InChI=1S/C46H44N2/c1-4-13-44(48-31(3)43-22-9-10-27-47-43)37-20-11-19-36-35(37)18-12-21-38(36)46-41-16-7-5-14-39(41)45(40-15-6-8-17-42(40)46)34-26-25-32-28-30(2)23-24-33(32)29-34/h5-8,11-12,14-17,19,21-29,35,37,44H,4,9-10,13,18,20H2,1-3H3. The Bertz CT molecular complexity index is 2180. The van der Waals surface area contributed by atoms with Crippen molar-refractivity contribution in [1.29, 1.82) is 0 Å². The van der Waals surface area contributed by atoms with Crippen LogP contribution in [0.3, 0.4) is 0 Å². The summed E-state index contributed by atoms with van der Waals surface area (Å²) < 4.78 is 0. The first-order valence-corrected chi connectivity index (χ1v) is 17.9. The Labute approximate surface area is 285 Å². The first-order chi connectivity index (χ1) is 23.6. The van der Waals surface area contributed by atoms with Crippen LogP contribution in [0.4, 0.5) is 0 Å². The van der Waals surface area contributed by atoms with Crippen molar-refractivity contribution in [1.82, 2.24) is 0 Å². The lowest BCUT2D eigenvalue weighted by molar-refractivity contribution is 0.302. The van der Waals surface area contributed by atoms with Gasteiger partial charge in [0.1, 0.15) is 0 Å². The number of hydrogen-bond donors (Lipinski definition) is 0. The van der Waals surface area contributed by atoms with E-state index in [1.807, 2.05) is 6.21 Å². The molecule has 238 valence electrons. The lowest BCUT2D eigenvalue weighted by Gasteiger charge is -2.37. The molecule has 8 rings (SSSR count). The first-order valence-electron chi connectivity index (χ1n) is 17.9. The lowest BCUT2D eigenvalue weighted by atomic mass is 9.69. The van der Waals surface area contributed by atoms with Crippen molar-refractivity contribution in [2.45, 2.75) is 65.3 Å². The van der Waals surface area contributed by atoms with Gasteiger partial charge in [0.05, 0.1) is 17.5 Å². The molecule has 2 nitrogen and oxygen atoms in total. The van der Waals surface area contributed by atoms with Gasteiger partial charge in [0.2, 0.25) is 0 Å². The van der Waals surface area contributed by atoms with E-state index < -0.39 is 0 Å². The zero-order chi connectivity index (χ0) is 32.6. The second-order valence-electron chi connectivity index (χ2n) is 13.9. The van der Waals surface area contributed by atoms with Crippen molar-refractivity contribution in [2.24, 2.45) is 21.8 Å². The fourth-order valence-corrected chi connectivity index (χ4v) is 8.53. The van der Waals surface area contributed by atoms with Crippen LogP contribution < -0.4 is 0 Å². The fourth-order valence-electron chi connectivity index (χ4n) is 8.53. The third-order valence-electron chi connectivity index (χ3n) is 10.8. The van der Waals surface area contributed by atoms with Gasteiger partial charge in [-0.1, -0.05) is 128 Å². The lowest BCUT2D eigenvalue weighted by Crippen LogP contribution is -2.31. The van der Waals surface area contributed by atoms with Crippen LogP contribution >= 0.6 is 0 Å². The summed E-state index contributed by atoms with van der Waals surface area (Å²) in [5.41, 5.74) is 10.2. The maximum Gasteiger partial charge on any atom is 0.0793 e. The predicted octanol–water partition coefficient (Wildman–Crippen LogP) is 12.4. The zero-order valence-corrected chi connectivity index (χ0v) is 28.4. The highest BCUT2D eigenvalue weighted by Crippen LogP contribution is 2.48. The highest BCUT2D eigenvalue weighted by molar-refractivity contribution is 6.20. The summed E-state index contributed by atoms with van der Waals surface area (Å²) in [6, 6.07) is 32.1. The maximum absolute atomic E-state index is 5.43. The summed E-state index contributed by atoms with van der Waals surface area (Å²) in [4.78, 5) is 10.1. The summed E-state index contributed by atoms with van der Waals surface area (Å²) in [5.74, 6) is 0.902. The van der Waals surface area contributed by atoms with Gasteiger partial charge < -0.3 is 0 Å². The van der Waals surface area contributed by atoms with Gasteiger partial charge in [-0.3, -0.25) is 9.98 Å². The van der Waals surface area contributed by atoms with Crippen molar-refractivity contribution >= 4 is 49.8 Å². The molecule has 2 heteroatoms. The molecule has 5 aromatic carbocycles. The fraction of sp³-hybridized carbons (Fsp3) is 0.261. The molecule has 3 unspecified atom stereocenters. The van der Waals surface area contributed by atoms with E-state index in [0.29, 0.717) is 11.8 Å². The molecule has 2 aliphatic carbocycles. The molecular weight excluding hydrogens is 581 g/mol. The average molecular weight is 625 g/mol. The van der Waals surface area contributed by atoms with Crippen LogP contribution in [0, 0.1) is 18.8 Å². The van der Waals surface area contributed by atoms with Gasteiger partial charge in [-0.25, -0.2) is 0 Å². The third kappa shape index (κ3) is 5.48. The topological polar surface area (TPSA) is 24.7 Å². The van der Waals surface area contributed by atoms with Gasteiger partial charge in [0.25, 0.3) is 0 Å². The SMILES string of the molecule is CCCC(N=C(C)C1=CCCC=N1)C1CC=CC2=C(c3c4ccccc4c(-c4ccc5cc(C)ccc5c4)c4ccccc34)C=CCC21. The van der Waals surface area contributed by atoms with Gasteiger partial charge in [-0.05, 0) is 124 Å². The Balaban J connectivity index is 1.30. The van der Waals surface area contributed by atoms with Crippen molar-refractivity contribution < 1.29 is 0 Å². The highest BCUT2D eigenvalue weighted by Gasteiger charge is 2.35. The minimum Gasteiger partial charge on any atom is -0.284 e. The predicted molar refractivity (Wildman–Crippen MR) is 208 cm³/mol. The highest BCUT2D eigenvalue weighted by atomic mass is 14.9. The van der Waals surface area contributed by atoms with Crippen LogP contribution in [-0.4, -0.2) is 18.0 Å². The molecule has 5 aromatic rings. The summed E-state index contributed by atoms with van der Waals surface area (Å²) in [5, 5.41) is 7.82. The molecule has 0 saturated heterocycles. The number of allylic oxidation sites excluding steroid dienone is 8. The van der Waals surface area contributed by atoms with Gasteiger partial charge in [-0.15, -0.1) is 0 Å². The number of rotatable bonds is 7. The van der Waals surface area contributed by atoms with Crippen molar-refractivity contribution in [3.05, 3.63) is 138 Å². The van der Waals surface area contributed by atoms with E-state index in [0.717, 1.165) is 49.9 Å². The zero-order valence-electron chi connectivity index (χ0n) is 28.4. The Kier molecular flexibility index (Phi) is 8.26. The molecule has 0 aromatic heterocycles. The normalized spacial score (nSPS) is 20.1. The second-order valence-corrected chi connectivity index (χ2v) is 13.9. The van der Waals surface area contributed by atoms with Gasteiger partial charge in [-0.2, -0.15) is 0 Å². The average Bonchev–Trinajstić information content (AvgIpc) is 3.13. The Hall–Kier alpha value is -4.82. The molecule has 0 fully saturated rings. The molecular formula is C46H44N2. The number of aryl methyl sites for hydroxylation is 1. The molecule has 1 heterocycles. The van der Waals surface area contributed by atoms with Crippen LogP contribution in [0.15, 0.2) is 137 Å². The van der Waals surface area contributed by atoms with Crippen LogP contribution in [0.1, 0.15) is 63.5 Å². The number of aliphatic imine (C=N–C) groups is 2. The van der Waals surface area contributed by atoms with E-state index in [9.17, 15) is 0 Å². The molecule has 0 spiro atoms. The molecule has 0 bridgehead atoms. The third-order valence-corrected chi connectivity index (χ3v) is 10.8. The molecule has 0 N–H and O–H groups in total. The molecule has 0 amide bonds. The van der Waals surface area contributed by atoms with E-state index in [2.05, 4.69) is 136 Å². The number of benzene rings is 5. The van der Waals surface area contributed by atoms with Crippen molar-refractivity contribution in [3.8, 4) is 11.1 Å². The van der Waals surface area contributed by atoms with E-state index in [4.69, 9.17) is 9.98 Å². The maximum atomic E-state index is 5.43. The number of hydrogen-bond acceptors (Lipinski definition) is 2. The number of fused-ring (bicyclic) bond motifs is 4. The number of nitrogens with zero attached hydrogens (tertiary/aromatic N) is 2. The van der Waals surface area contributed by atoms with E-state index in [1.165, 1.54) is 65.7 Å². The second kappa shape index (κ2) is 13.0. The van der Waals surface area contributed by atoms with Crippen molar-refractivity contribution in [2.75, 3.05) is 0 Å². The van der Waals surface area contributed by atoms with E-state index in [1.54, 1.807) is 0 Å². The van der Waals surface area contributed by atoms with Crippen LogP contribution in [0.25, 0.3) is 49.0 Å². The molecule has 1 aliphatic heterocycles. The molecule has 3 aliphatic rings. The minimum atomic E-state index is 0.276. The smallest absolute Gasteiger partial charge is 0.0793 e. The monoisotopic (exact) mass is 624 g/mol. The quantitative estimate of drug-likeness (QED) is 0.127. The van der Waals surface area contributed by atoms with E-state index in [-0.39, 0.29) is 6.04 Å². The molecule has 3 atom stereocenters. The summed E-state index contributed by atoms with van der Waals surface area (Å²) in [6.07, 6.45) is 20.5. The van der Waals surface area contributed by atoms with Crippen LogP contribution in [0.2, 0.25) is 0 Å². The Morgan fingerprint density at radius 3 is 2.19 bits per heavy atom. The Morgan fingerprint density at radius 2 is 1.48 bits per heavy atom. The largest absolute Gasteiger partial charge is 0.284 e. The van der Waals surface area contributed by atoms with E-state index >= 15 is 0 Å². The summed E-state index contributed by atoms with van der Waals surface area (Å²) in [7, 11) is 0. The molecule has 0 radical (unpaired) electrons. The Morgan fingerprint density at radius 1 is 0.792 bits per heavy atom. The van der Waals surface area contributed by atoms with Gasteiger partial charge in [0, 0.05) is 6.21 Å². The van der Waals surface area contributed by atoms with Gasteiger partial charge in [0.15, 0.2) is 0 Å². The van der Waals surface area contributed by atoms with Crippen LogP contribution in [0.5, 0.6) is 0 Å². The molecule has 0 saturated carbocycles. The van der Waals surface area contributed by atoms with Crippen LogP contribution in [-0.2, 0) is 0 Å². The molecule has 48 heavy (non-hydrogen) atoms. The first kappa shape index (κ1) is 30.5.